The van der Waals surface area contributed by atoms with E-state index < -0.39 is 11.7 Å². The van der Waals surface area contributed by atoms with E-state index in [2.05, 4.69) is 5.32 Å². The zero-order valence-corrected chi connectivity index (χ0v) is 11.2. The number of hydrogen-bond donors (Lipinski definition) is 2. The first-order valence-electron chi connectivity index (χ1n) is 5.85. The van der Waals surface area contributed by atoms with Crippen LogP contribution in [0, 0.1) is 5.82 Å². The summed E-state index contributed by atoms with van der Waals surface area (Å²) in [5.74, 6) is -1.09. The largest absolute Gasteiger partial charge is 0.399 e. The van der Waals surface area contributed by atoms with Crippen LogP contribution in [0.25, 0.3) is 6.08 Å². The SMILES string of the molecule is Nc1ccc(/C=C/C(=O)Nc2cccc(Cl)c2F)cc1. The van der Waals surface area contributed by atoms with Gasteiger partial charge in [-0.3, -0.25) is 4.79 Å². The quantitative estimate of drug-likeness (QED) is 0.669. The highest BCUT2D eigenvalue weighted by molar-refractivity contribution is 6.31. The summed E-state index contributed by atoms with van der Waals surface area (Å²) in [6, 6.07) is 11.4. The highest BCUT2D eigenvalue weighted by Crippen LogP contribution is 2.21. The minimum absolute atomic E-state index is 0.0367. The number of carbonyl (C=O) groups excluding carboxylic acids is 1. The normalized spacial score (nSPS) is 10.7. The van der Waals surface area contributed by atoms with Gasteiger partial charge in [-0.1, -0.05) is 29.8 Å². The smallest absolute Gasteiger partial charge is 0.248 e. The molecule has 0 aromatic heterocycles. The van der Waals surface area contributed by atoms with Crippen molar-refractivity contribution in [2.45, 2.75) is 0 Å². The first-order valence-corrected chi connectivity index (χ1v) is 6.22. The lowest BCUT2D eigenvalue weighted by molar-refractivity contribution is -0.111. The van der Waals surface area contributed by atoms with E-state index in [1.54, 1.807) is 36.4 Å². The van der Waals surface area contributed by atoms with Gasteiger partial charge in [-0.2, -0.15) is 0 Å². The molecule has 2 rings (SSSR count). The summed E-state index contributed by atoms with van der Waals surface area (Å²) >= 11 is 5.63. The maximum Gasteiger partial charge on any atom is 0.248 e. The molecule has 20 heavy (non-hydrogen) atoms. The molecule has 0 saturated heterocycles. The average molecular weight is 291 g/mol. The average Bonchev–Trinajstić information content (AvgIpc) is 2.43. The van der Waals surface area contributed by atoms with Crippen molar-refractivity contribution in [1.82, 2.24) is 0 Å². The van der Waals surface area contributed by atoms with E-state index >= 15 is 0 Å². The van der Waals surface area contributed by atoms with Crippen LogP contribution in [0.5, 0.6) is 0 Å². The second-order valence-corrected chi connectivity index (χ2v) is 4.50. The zero-order chi connectivity index (χ0) is 14.5. The topological polar surface area (TPSA) is 55.1 Å². The minimum Gasteiger partial charge on any atom is -0.399 e. The number of benzene rings is 2. The van der Waals surface area contributed by atoms with Gasteiger partial charge in [-0.15, -0.1) is 0 Å². The Balaban J connectivity index is 2.05. The van der Waals surface area contributed by atoms with Gasteiger partial charge in [0.25, 0.3) is 0 Å². The monoisotopic (exact) mass is 290 g/mol. The summed E-state index contributed by atoms with van der Waals surface area (Å²) in [4.78, 5) is 11.7. The van der Waals surface area contributed by atoms with E-state index in [1.807, 2.05) is 0 Å². The van der Waals surface area contributed by atoms with Crippen LogP contribution in [0.15, 0.2) is 48.5 Å². The number of amides is 1. The lowest BCUT2D eigenvalue weighted by Gasteiger charge is -2.04. The third kappa shape index (κ3) is 3.59. The molecule has 102 valence electrons. The van der Waals surface area contributed by atoms with Gasteiger partial charge in [0.15, 0.2) is 5.82 Å². The molecule has 0 bridgehead atoms. The Morgan fingerprint density at radius 1 is 1.20 bits per heavy atom. The minimum atomic E-state index is -0.650. The number of anilines is 2. The van der Waals surface area contributed by atoms with E-state index in [1.165, 1.54) is 18.2 Å². The third-order valence-electron chi connectivity index (χ3n) is 2.57. The predicted molar refractivity (Wildman–Crippen MR) is 79.9 cm³/mol. The van der Waals surface area contributed by atoms with Crippen molar-refractivity contribution in [3.8, 4) is 0 Å². The van der Waals surface area contributed by atoms with Crippen LogP contribution >= 0.6 is 11.6 Å². The van der Waals surface area contributed by atoms with Crippen LogP contribution in [0.2, 0.25) is 5.02 Å². The molecular formula is C15H12ClFN2O. The summed E-state index contributed by atoms with van der Waals surface area (Å²) in [6.07, 6.45) is 2.92. The van der Waals surface area contributed by atoms with E-state index in [4.69, 9.17) is 17.3 Å². The van der Waals surface area contributed by atoms with Crippen LogP contribution in [-0.2, 0) is 4.79 Å². The van der Waals surface area contributed by atoms with Crippen molar-refractivity contribution in [3.05, 3.63) is 64.9 Å². The Morgan fingerprint density at radius 2 is 1.90 bits per heavy atom. The maximum atomic E-state index is 13.6. The van der Waals surface area contributed by atoms with Crippen molar-refractivity contribution >= 4 is 35.0 Å². The fourth-order valence-electron chi connectivity index (χ4n) is 1.55. The van der Waals surface area contributed by atoms with Crippen molar-refractivity contribution < 1.29 is 9.18 Å². The highest BCUT2D eigenvalue weighted by atomic mass is 35.5. The van der Waals surface area contributed by atoms with E-state index in [-0.39, 0.29) is 10.7 Å². The van der Waals surface area contributed by atoms with Crippen molar-refractivity contribution in [2.24, 2.45) is 0 Å². The van der Waals surface area contributed by atoms with Gasteiger partial charge in [0.1, 0.15) is 0 Å². The molecule has 3 nitrogen and oxygen atoms in total. The first-order chi connectivity index (χ1) is 9.56. The van der Waals surface area contributed by atoms with E-state index in [0.717, 1.165) is 5.56 Å². The Labute approximate surface area is 120 Å². The molecule has 2 aromatic carbocycles. The van der Waals surface area contributed by atoms with E-state index in [9.17, 15) is 9.18 Å². The number of nitrogens with two attached hydrogens (primary N) is 1. The fourth-order valence-corrected chi connectivity index (χ4v) is 1.73. The molecule has 1 amide bonds. The summed E-state index contributed by atoms with van der Waals surface area (Å²) in [7, 11) is 0. The van der Waals surface area contributed by atoms with Crippen LogP contribution in [0.4, 0.5) is 15.8 Å². The second-order valence-electron chi connectivity index (χ2n) is 4.09. The maximum absolute atomic E-state index is 13.6. The number of rotatable bonds is 3. The lowest BCUT2D eigenvalue weighted by atomic mass is 10.2. The van der Waals surface area contributed by atoms with Crippen molar-refractivity contribution in [1.29, 1.82) is 0 Å². The summed E-state index contributed by atoms with van der Waals surface area (Å²) in [5, 5.41) is 2.39. The van der Waals surface area contributed by atoms with Gasteiger partial charge in [0.05, 0.1) is 10.7 Å². The Bertz CT molecular complexity index is 653. The molecule has 0 aliphatic heterocycles. The predicted octanol–water partition coefficient (Wildman–Crippen LogP) is 3.71. The molecule has 0 radical (unpaired) electrons. The number of carbonyl (C=O) groups is 1. The van der Waals surface area contributed by atoms with Gasteiger partial charge >= 0.3 is 0 Å². The third-order valence-corrected chi connectivity index (χ3v) is 2.86. The fraction of sp³-hybridized carbons (Fsp3) is 0. The molecule has 0 fully saturated rings. The lowest BCUT2D eigenvalue weighted by Crippen LogP contribution is -2.09. The number of nitrogens with one attached hydrogen (secondary N) is 1. The highest BCUT2D eigenvalue weighted by Gasteiger charge is 2.07. The molecule has 5 heteroatoms. The summed E-state index contributed by atoms with van der Waals surface area (Å²) in [5.41, 5.74) is 7.07. The second kappa shape index (κ2) is 6.21. The molecule has 0 heterocycles. The Hall–Kier alpha value is -2.33. The summed E-state index contributed by atoms with van der Waals surface area (Å²) < 4.78 is 13.6. The Morgan fingerprint density at radius 3 is 2.60 bits per heavy atom. The number of hydrogen-bond acceptors (Lipinski definition) is 2. The molecule has 0 aliphatic rings. The molecule has 0 aliphatic carbocycles. The molecule has 0 unspecified atom stereocenters. The van der Waals surface area contributed by atoms with Crippen molar-refractivity contribution in [2.75, 3.05) is 11.1 Å². The molecule has 3 N–H and O–H groups in total. The van der Waals surface area contributed by atoms with Crippen LogP contribution in [0.3, 0.4) is 0 Å². The zero-order valence-electron chi connectivity index (χ0n) is 10.4. The van der Waals surface area contributed by atoms with Gasteiger partial charge in [-0.05, 0) is 35.9 Å². The first kappa shape index (κ1) is 14.1. The van der Waals surface area contributed by atoms with Crippen LogP contribution in [-0.4, -0.2) is 5.91 Å². The number of halogens is 2. The van der Waals surface area contributed by atoms with Gasteiger partial charge < -0.3 is 11.1 Å². The van der Waals surface area contributed by atoms with Crippen LogP contribution in [0.1, 0.15) is 5.56 Å². The van der Waals surface area contributed by atoms with Crippen molar-refractivity contribution in [3.63, 3.8) is 0 Å². The molecule has 0 atom stereocenters. The molecule has 2 aromatic rings. The molecule has 0 spiro atoms. The standard InChI is InChI=1S/C15H12ClFN2O/c16-12-2-1-3-13(15(12)17)19-14(20)9-6-10-4-7-11(18)8-5-10/h1-9H,18H2,(H,19,20)/b9-6+. The Kier molecular flexibility index (Phi) is 4.38. The van der Waals surface area contributed by atoms with Gasteiger partial charge in [0, 0.05) is 11.8 Å². The van der Waals surface area contributed by atoms with Gasteiger partial charge in [0.2, 0.25) is 5.91 Å². The van der Waals surface area contributed by atoms with Gasteiger partial charge in [-0.25, -0.2) is 4.39 Å². The molecule has 0 saturated carbocycles. The van der Waals surface area contributed by atoms with Crippen LogP contribution < -0.4 is 11.1 Å². The molecular weight excluding hydrogens is 279 g/mol. The summed E-state index contributed by atoms with van der Waals surface area (Å²) in [6.45, 7) is 0. The van der Waals surface area contributed by atoms with E-state index in [0.29, 0.717) is 5.69 Å². The number of nitrogen functional groups attached to an aromatic ring is 1.